The van der Waals surface area contributed by atoms with E-state index in [9.17, 15) is 13.2 Å². The van der Waals surface area contributed by atoms with E-state index in [4.69, 9.17) is 0 Å². The first-order valence-corrected chi connectivity index (χ1v) is 8.46. The van der Waals surface area contributed by atoms with Crippen LogP contribution in [0.2, 0.25) is 0 Å². The lowest BCUT2D eigenvalue weighted by Crippen LogP contribution is -2.51. The van der Waals surface area contributed by atoms with E-state index >= 15 is 0 Å². The van der Waals surface area contributed by atoms with E-state index in [-0.39, 0.29) is 23.3 Å². The number of amides is 1. The summed E-state index contributed by atoms with van der Waals surface area (Å²) in [7, 11) is -1.78. The number of fused-ring (bicyclic) bond motifs is 1. The van der Waals surface area contributed by atoms with E-state index in [1.165, 1.54) is 4.31 Å². The minimum absolute atomic E-state index is 0.00431. The van der Waals surface area contributed by atoms with Crippen LogP contribution < -0.4 is 10.2 Å². The second kappa shape index (κ2) is 5.08. The van der Waals surface area contributed by atoms with E-state index in [2.05, 4.69) is 5.32 Å². The van der Waals surface area contributed by atoms with Gasteiger partial charge < -0.3 is 10.2 Å². The minimum atomic E-state index is -3.49. The third-order valence-corrected chi connectivity index (χ3v) is 5.96. The molecule has 1 aromatic rings. The van der Waals surface area contributed by atoms with Crippen molar-refractivity contribution in [1.82, 2.24) is 9.62 Å². The Balaban J connectivity index is 1.94. The normalized spacial score (nSPS) is 23.4. The number of hydrogen-bond acceptors (Lipinski definition) is 4. The number of likely N-dealkylation sites (N-methyl/N-ethyl adjacent to an activating group) is 1. The molecule has 2 aliphatic heterocycles. The number of piperazine rings is 1. The molecule has 0 bridgehead atoms. The van der Waals surface area contributed by atoms with Crippen LogP contribution in [0, 0.1) is 0 Å². The minimum Gasteiger partial charge on any atom is -0.315 e. The summed E-state index contributed by atoms with van der Waals surface area (Å²) in [6, 6.07) is 5.10. The SMILES string of the molecule is CC1CN(S(=O)(=O)c2ccc3c(c2)CC(=O)N3C)CCN1. The number of sulfonamides is 1. The highest BCUT2D eigenvalue weighted by Gasteiger charge is 2.31. The molecule has 1 fully saturated rings. The van der Waals surface area contributed by atoms with E-state index in [1.807, 2.05) is 6.92 Å². The van der Waals surface area contributed by atoms with Crippen molar-refractivity contribution in [3.8, 4) is 0 Å². The molecule has 0 spiro atoms. The number of anilines is 1. The quantitative estimate of drug-likeness (QED) is 0.846. The maximum absolute atomic E-state index is 12.7. The predicted octanol–water partition coefficient (Wildman–Crippen LogP) is 0.188. The molecule has 1 aromatic carbocycles. The Labute approximate surface area is 124 Å². The van der Waals surface area contributed by atoms with Crippen LogP contribution in [0.25, 0.3) is 0 Å². The van der Waals surface area contributed by atoms with Crippen LogP contribution in [0.5, 0.6) is 0 Å². The van der Waals surface area contributed by atoms with E-state index in [1.54, 1.807) is 30.1 Å². The molecule has 1 saturated heterocycles. The summed E-state index contributed by atoms with van der Waals surface area (Å²) < 4.78 is 26.9. The lowest BCUT2D eigenvalue weighted by Gasteiger charge is -2.31. The molecule has 0 saturated carbocycles. The number of carbonyl (C=O) groups is 1. The van der Waals surface area contributed by atoms with Crippen molar-refractivity contribution < 1.29 is 13.2 Å². The molecule has 3 rings (SSSR count). The van der Waals surface area contributed by atoms with Crippen LogP contribution in [-0.2, 0) is 21.2 Å². The first kappa shape index (κ1) is 14.5. The van der Waals surface area contributed by atoms with Crippen molar-refractivity contribution in [1.29, 1.82) is 0 Å². The topological polar surface area (TPSA) is 69.7 Å². The zero-order valence-electron chi connectivity index (χ0n) is 12.2. The van der Waals surface area contributed by atoms with Gasteiger partial charge in [0.05, 0.1) is 11.3 Å². The molecule has 1 unspecified atom stereocenters. The van der Waals surface area contributed by atoms with Crippen LogP contribution in [-0.4, -0.2) is 51.4 Å². The molecule has 2 aliphatic rings. The summed E-state index contributed by atoms with van der Waals surface area (Å²) in [5.74, 6) is -0.00431. The van der Waals surface area contributed by atoms with E-state index < -0.39 is 10.0 Å². The van der Waals surface area contributed by atoms with Crippen molar-refractivity contribution >= 4 is 21.6 Å². The standard InChI is InChI=1S/C14H19N3O3S/c1-10-9-17(6-5-15-10)21(19,20)12-3-4-13-11(7-12)8-14(18)16(13)2/h3-4,7,10,15H,5-6,8-9H2,1-2H3. The second-order valence-corrected chi connectivity index (χ2v) is 7.58. The molecule has 1 N–H and O–H groups in total. The van der Waals surface area contributed by atoms with Gasteiger partial charge in [-0.15, -0.1) is 0 Å². The van der Waals surface area contributed by atoms with E-state index in [0.717, 1.165) is 11.3 Å². The van der Waals surface area contributed by atoms with Crippen molar-refractivity contribution in [3.63, 3.8) is 0 Å². The number of rotatable bonds is 2. The van der Waals surface area contributed by atoms with Crippen LogP contribution in [0.1, 0.15) is 12.5 Å². The lowest BCUT2D eigenvalue weighted by atomic mass is 10.2. The van der Waals surface area contributed by atoms with Gasteiger partial charge in [0.25, 0.3) is 0 Å². The van der Waals surface area contributed by atoms with Gasteiger partial charge >= 0.3 is 0 Å². The number of hydrogen-bond donors (Lipinski definition) is 1. The van der Waals surface area contributed by atoms with Crippen molar-refractivity contribution in [2.75, 3.05) is 31.6 Å². The summed E-state index contributed by atoms with van der Waals surface area (Å²) in [5, 5.41) is 3.23. The Kier molecular flexibility index (Phi) is 3.51. The fraction of sp³-hybridized carbons (Fsp3) is 0.500. The summed E-state index contributed by atoms with van der Waals surface area (Å²) >= 11 is 0. The summed E-state index contributed by atoms with van der Waals surface area (Å²) in [6.07, 6.45) is 0.271. The average molecular weight is 309 g/mol. The first-order chi connectivity index (χ1) is 9.89. The summed E-state index contributed by atoms with van der Waals surface area (Å²) in [6.45, 7) is 3.57. The largest absolute Gasteiger partial charge is 0.315 e. The highest BCUT2D eigenvalue weighted by molar-refractivity contribution is 7.89. The monoisotopic (exact) mass is 309 g/mol. The Hall–Kier alpha value is -1.44. The van der Waals surface area contributed by atoms with Crippen LogP contribution in [0.3, 0.4) is 0 Å². The number of carbonyl (C=O) groups excluding carboxylic acids is 1. The Morgan fingerprint density at radius 2 is 2.10 bits per heavy atom. The highest BCUT2D eigenvalue weighted by atomic mass is 32.2. The molecule has 6 nitrogen and oxygen atoms in total. The third-order valence-electron chi connectivity index (χ3n) is 4.10. The van der Waals surface area contributed by atoms with Gasteiger partial charge in [-0.3, -0.25) is 4.79 Å². The number of nitrogens with one attached hydrogen (secondary N) is 1. The molecular formula is C14H19N3O3S. The molecule has 2 heterocycles. The van der Waals surface area contributed by atoms with Gasteiger partial charge in [0.1, 0.15) is 0 Å². The highest BCUT2D eigenvalue weighted by Crippen LogP contribution is 2.30. The lowest BCUT2D eigenvalue weighted by molar-refractivity contribution is -0.117. The number of nitrogens with zero attached hydrogens (tertiary/aromatic N) is 2. The fourth-order valence-corrected chi connectivity index (χ4v) is 4.45. The maximum Gasteiger partial charge on any atom is 0.243 e. The van der Waals surface area contributed by atoms with E-state index in [0.29, 0.717) is 19.6 Å². The first-order valence-electron chi connectivity index (χ1n) is 7.02. The average Bonchev–Trinajstić information content (AvgIpc) is 2.73. The van der Waals surface area contributed by atoms with Crippen molar-refractivity contribution in [2.45, 2.75) is 24.3 Å². The van der Waals surface area contributed by atoms with Gasteiger partial charge in [0.2, 0.25) is 15.9 Å². The van der Waals surface area contributed by atoms with Crippen LogP contribution in [0.4, 0.5) is 5.69 Å². The van der Waals surface area contributed by atoms with Gasteiger partial charge in [-0.2, -0.15) is 4.31 Å². The molecule has 0 aliphatic carbocycles. The predicted molar refractivity (Wildman–Crippen MR) is 79.8 cm³/mol. The third kappa shape index (κ3) is 2.45. The van der Waals surface area contributed by atoms with Crippen LogP contribution >= 0.6 is 0 Å². The fourth-order valence-electron chi connectivity index (χ4n) is 2.87. The molecule has 7 heteroatoms. The zero-order valence-corrected chi connectivity index (χ0v) is 13.0. The maximum atomic E-state index is 12.7. The summed E-state index contributed by atoms with van der Waals surface area (Å²) in [5.41, 5.74) is 1.58. The molecule has 21 heavy (non-hydrogen) atoms. The smallest absolute Gasteiger partial charge is 0.243 e. The van der Waals surface area contributed by atoms with Gasteiger partial charge in [-0.25, -0.2) is 8.42 Å². The van der Waals surface area contributed by atoms with Crippen molar-refractivity contribution in [3.05, 3.63) is 23.8 Å². The number of benzene rings is 1. The zero-order chi connectivity index (χ0) is 15.2. The van der Waals surface area contributed by atoms with Gasteiger partial charge in [0.15, 0.2) is 0 Å². The molecular weight excluding hydrogens is 290 g/mol. The van der Waals surface area contributed by atoms with Crippen LogP contribution in [0.15, 0.2) is 23.1 Å². The van der Waals surface area contributed by atoms with Crippen molar-refractivity contribution in [2.24, 2.45) is 0 Å². The van der Waals surface area contributed by atoms with Gasteiger partial charge in [-0.05, 0) is 30.7 Å². The Morgan fingerprint density at radius 3 is 2.81 bits per heavy atom. The molecule has 114 valence electrons. The molecule has 1 atom stereocenters. The molecule has 0 radical (unpaired) electrons. The molecule has 0 aromatic heterocycles. The molecule has 1 amide bonds. The Morgan fingerprint density at radius 1 is 1.33 bits per heavy atom. The Bertz CT molecular complexity index is 687. The van der Waals surface area contributed by atoms with Gasteiger partial charge in [-0.1, -0.05) is 0 Å². The van der Waals surface area contributed by atoms with Gasteiger partial charge in [0, 0.05) is 38.4 Å². The summed E-state index contributed by atoms with van der Waals surface area (Å²) in [4.78, 5) is 13.5. The second-order valence-electron chi connectivity index (χ2n) is 5.64.